The first-order chi connectivity index (χ1) is 5.95. The molecule has 0 amide bonds. The molecule has 0 unspecified atom stereocenters. The van der Waals surface area contributed by atoms with Gasteiger partial charge in [-0.1, -0.05) is 0 Å². The molecule has 1 heterocycles. The van der Waals surface area contributed by atoms with Gasteiger partial charge in [-0.25, -0.2) is 4.98 Å². The summed E-state index contributed by atoms with van der Waals surface area (Å²) in [6.07, 6.45) is -3.99. The Morgan fingerprint density at radius 1 is 1.38 bits per heavy atom. The zero-order valence-corrected chi connectivity index (χ0v) is 8.26. The molecule has 1 rings (SSSR count). The first kappa shape index (κ1) is 10.4. The largest absolute Gasteiger partial charge is 0.433 e. The van der Waals surface area contributed by atoms with E-state index >= 15 is 0 Å². The summed E-state index contributed by atoms with van der Waals surface area (Å²) in [4.78, 5) is 13.5. The Kier molecular flexibility index (Phi) is 2.89. The standard InChI is InChI=1S/C7H3F3INO/c8-7(9,10)5-2-1-4(3-13)6(11)12-5/h1-3H. The van der Waals surface area contributed by atoms with Crippen LogP contribution in [0, 0.1) is 3.70 Å². The third kappa shape index (κ3) is 2.39. The van der Waals surface area contributed by atoms with E-state index in [0.717, 1.165) is 12.1 Å². The molecule has 0 radical (unpaired) electrons. The van der Waals surface area contributed by atoms with E-state index in [1.165, 1.54) is 0 Å². The number of carbonyl (C=O) groups is 1. The summed E-state index contributed by atoms with van der Waals surface area (Å²) in [5.74, 6) is 0. The molecule has 0 saturated heterocycles. The molecule has 70 valence electrons. The highest BCUT2D eigenvalue weighted by Gasteiger charge is 2.32. The molecule has 13 heavy (non-hydrogen) atoms. The zero-order chi connectivity index (χ0) is 10.1. The third-order valence-corrected chi connectivity index (χ3v) is 2.16. The Labute approximate surface area is 85.3 Å². The van der Waals surface area contributed by atoms with Crippen LogP contribution >= 0.6 is 22.6 Å². The Morgan fingerprint density at radius 2 is 2.00 bits per heavy atom. The fourth-order valence-corrected chi connectivity index (χ4v) is 1.26. The van der Waals surface area contributed by atoms with Crippen molar-refractivity contribution in [2.45, 2.75) is 6.18 Å². The van der Waals surface area contributed by atoms with E-state index in [1.807, 2.05) is 0 Å². The van der Waals surface area contributed by atoms with Crippen LogP contribution in [0.2, 0.25) is 0 Å². The number of aromatic nitrogens is 1. The predicted octanol–water partition coefficient (Wildman–Crippen LogP) is 2.52. The van der Waals surface area contributed by atoms with Crippen molar-refractivity contribution in [2.24, 2.45) is 0 Å². The summed E-state index contributed by atoms with van der Waals surface area (Å²) in [6.45, 7) is 0. The van der Waals surface area contributed by atoms with Crippen LogP contribution in [-0.2, 0) is 6.18 Å². The average molecular weight is 301 g/mol. The highest BCUT2D eigenvalue weighted by atomic mass is 127. The van der Waals surface area contributed by atoms with Crippen molar-refractivity contribution in [3.63, 3.8) is 0 Å². The molecule has 0 spiro atoms. The highest BCUT2D eigenvalue weighted by Crippen LogP contribution is 2.28. The lowest BCUT2D eigenvalue weighted by atomic mass is 10.2. The summed E-state index contributed by atoms with van der Waals surface area (Å²) in [5, 5.41) is 0. The second-order valence-corrected chi connectivity index (χ2v) is 3.21. The van der Waals surface area contributed by atoms with Crippen LogP contribution in [0.4, 0.5) is 13.2 Å². The number of hydrogen-bond donors (Lipinski definition) is 0. The topological polar surface area (TPSA) is 30.0 Å². The van der Waals surface area contributed by atoms with Gasteiger partial charge in [0.25, 0.3) is 0 Å². The molecule has 0 aliphatic carbocycles. The van der Waals surface area contributed by atoms with E-state index in [4.69, 9.17) is 0 Å². The number of hydrogen-bond acceptors (Lipinski definition) is 2. The van der Waals surface area contributed by atoms with E-state index < -0.39 is 11.9 Å². The Hall–Kier alpha value is -0.660. The minimum Gasteiger partial charge on any atom is -0.298 e. The van der Waals surface area contributed by atoms with Gasteiger partial charge in [0.2, 0.25) is 0 Å². The van der Waals surface area contributed by atoms with Gasteiger partial charge in [0.15, 0.2) is 6.29 Å². The molecule has 1 aromatic rings. The number of aldehydes is 1. The van der Waals surface area contributed by atoms with E-state index in [9.17, 15) is 18.0 Å². The van der Waals surface area contributed by atoms with E-state index in [-0.39, 0.29) is 9.26 Å². The lowest BCUT2D eigenvalue weighted by Gasteiger charge is -2.05. The van der Waals surface area contributed by atoms with Crippen molar-refractivity contribution in [2.75, 3.05) is 0 Å². The number of rotatable bonds is 1. The number of halogens is 4. The van der Waals surface area contributed by atoms with Gasteiger partial charge in [-0.3, -0.25) is 4.79 Å². The van der Waals surface area contributed by atoms with Gasteiger partial charge in [-0.2, -0.15) is 13.2 Å². The fourth-order valence-electron chi connectivity index (χ4n) is 0.691. The summed E-state index contributed by atoms with van der Waals surface area (Å²) < 4.78 is 36.2. The highest BCUT2D eigenvalue weighted by molar-refractivity contribution is 14.1. The molecule has 0 N–H and O–H groups in total. The van der Waals surface area contributed by atoms with Gasteiger partial charge in [0, 0.05) is 5.56 Å². The zero-order valence-electron chi connectivity index (χ0n) is 6.10. The summed E-state index contributed by atoms with van der Waals surface area (Å²) in [7, 11) is 0. The quantitative estimate of drug-likeness (QED) is 0.453. The van der Waals surface area contributed by atoms with Crippen molar-refractivity contribution in [3.8, 4) is 0 Å². The molecule has 0 aliphatic heterocycles. The Bertz CT molecular complexity index is 337. The average Bonchev–Trinajstić information content (AvgIpc) is 2.02. The predicted molar refractivity (Wildman–Crippen MR) is 47.3 cm³/mol. The van der Waals surface area contributed by atoms with Gasteiger partial charge in [0.1, 0.15) is 9.39 Å². The molecule has 0 aliphatic rings. The number of pyridine rings is 1. The van der Waals surface area contributed by atoms with Crippen molar-refractivity contribution in [1.82, 2.24) is 4.98 Å². The lowest BCUT2D eigenvalue weighted by molar-refractivity contribution is -0.141. The number of carbonyl (C=O) groups excluding carboxylic acids is 1. The van der Waals surface area contributed by atoms with Gasteiger partial charge in [-0.15, -0.1) is 0 Å². The minimum atomic E-state index is -4.46. The molecule has 0 saturated carbocycles. The van der Waals surface area contributed by atoms with E-state index in [2.05, 4.69) is 4.98 Å². The third-order valence-electron chi connectivity index (χ3n) is 1.29. The minimum absolute atomic E-state index is 0.0578. The van der Waals surface area contributed by atoms with Gasteiger partial charge < -0.3 is 0 Å². The van der Waals surface area contributed by atoms with Crippen LogP contribution in [0.1, 0.15) is 16.1 Å². The van der Waals surface area contributed by atoms with Gasteiger partial charge in [-0.05, 0) is 34.7 Å². The Morgan fingerprint density at radius 3 is 2.38 bits per heavy atom. The maximum absolute atomic E-state index is 12.0. The van der Waals surface area contributed by atoms with Gasteiger partial charge >= 0.3 is 6.18 Å². The lowest BCUT2D eigenvalue weighted by Crippen LogP contribution is -2.09. The van der Waals surface area contributed by atoms with Crippen LogP contribution in [-0.4, -0.2) is 11.3 Å². The van der Waals surface area contributed by atoms with E-state index in [0.29, 0.717) is 6.29 Å². The first-order valence-corrected chi connectivity index (χ1v) is 4.22. The Balaban J connectivity index is 3.17. The SMILES string of the molecule is O=Cc1ccc(C(F)(F)F)nc1I. The van der Waals surface area contributed by atoms with E-state index in [1.54, 1.807) is 22.6 Å². The maximum Gasteiger partial charge on any atom is 0.433 e. The molecule has 0 aromatic carbocycles. The summed E-state index contributed by atoms with van der Waals surface area (Å²) in [5.41, 5.74) is -0.823. The van der Waals surface area contributed by atoms with Crippen LogP contribution in [0.25, 0.3) is 0 Å². The van der Waals surface area contributed by atoms with Crippen LogP contribution in [0.3, 0.4) is 0 Å². The summed E-state index contributed by atoms with van der Waals surface area (Å²) in [6, 6.07) is 1.89. The molecular weight excluding hydrogens is 298 g/mol. The fraction of sp³-hybridized carbons (Fsp3) is 0.143. The van der Waals surface area contributed by atoms with Crippen molar-refractivity contribution >= 4 is 28.9 Å². The first-order valence-electron chi connectivity index (χ1n) is 3.14. The number of nitrogens with zero attached hydrogens (tertiary/aromatic N) is 1. The van der Waals surface area contributed by atoms with Crippen LogP contribution in [0.5, 0.6) is 0 Å². The molecule has 6 heteroatoms. The molecule has 0 atom stereocenters. The summed E-state index contributed by atoms with van der Waals surface area (Å²) >= 11 is 1.58. The maximum atomic E-state index is 12.0. The molecule has 2 nitrogen and oxygen atoms in total. The smallest absolute Gasteiger partial charge is 0.298 e. The molecule has 0 fully saturated rings. The van der Waals surface area contributed by atoms with Crippen LogP contribution in [0.15, 0.2) is 12.1 Å². The van der Waals surface area contributed by atoms with Gasteiger partial charge in [0.05, 0.1) is 0 Å². The molecule has 0 bridgehead atoms. The number of alkyl halides is 3. The molecular formula is C7H3F3INO. The van der Waals surface area contributed by atoms with Crippen molar-refractivity contribution < 1.29 is 18.0 Å². The normalized spacial score (nSPS) is 11.4. The second kappa shape index (κ2) is 3.60. The molecule has 1 aromatic heterocycles. The van der Waals surface area contributed by atoms with Crippen molar-refractivity contribution in [1.29, 1.82) is 0 Å². The van der Waals surface area contributed by atoms with Crippen LogP contribution < -0.4 is 0 Å². The van der Waals surface area contributed by atoms with Crippen molar-refractivity contribution in [3.05, 3.63) is 27.1 Å². The monoisotopic (exact) mass is 301 g/mol. The second-order valence-electron chi connectivity index (χ2n) is 2.19.